The number of carbonyl (C=O) groups excluding carboxylic acids is 4. The number of ether oxygens (including phenoxy) is 3. The van der Waals surface area contributed by atoms with E-state index in [1.807, 2.05) is 31.3 Å². The maximum atomic E-state index is 13.1. The van der Waals surface area contributed by atoms with E-state index in [1.165, 1.54) is 5.56 Å². The molecule has 1 atom stereocenters. The summed E-state index contributed by atoms with van der Waals surface area (Å²) >= 11 is 0. The van der Waals surface area contributed by atoms with Crippen LogP contribution in [0.3, 0.4) is 0 Å². The average molecular weight is 539 g/mol. The van der Waals surface area contributed by atoms with Crippen molar-refractivity contribution in [1.82, 2.24) is 15.1 Å². The number of amides is 4. The third-order valence-electron chi connectivity index (χ3n) is 6.63. The van der Waals surface area contributed by atoms with Crippen molar-refractivity contribution >= 4 is 29.3 Å². The van der Waals surface area contributed by atoms with E-state index in [1.54, 1.807) is 25.3 Å². The Morgan fingerprint density at radius 2 is 1.72 bits per heavy atom. The summed E-state index contributed by atoms with van der Waals surface area (Å²) < 4.78 is 16.5. The second-order valence-electron chi connectivity index (χ2n) is 9.41. The standard InChI is InChI=1S/C28H34N4O7/c1-31(18-19-6-8-20(37-2)9-7-19)13-15-39-17-16-38-14-12-29-22-5-3-4-21-25(22)28(36)32(27(21)35)23-10-11-24(33)30-26(23)34/h3-9,23,29H,10-18H2,1-2H3,(H,30,33,34). The molecule has 1 saturated heterocycles. The van der Waals surface area contributed by atoms with Gasteiger partial charge in [-0.2, -0.15) is 0 Å². The van der Waals surface area contributed by atoms with Gasteiger partial charge in [-0.1, -0.05) is 18.2 Å². The SMILES string of the molecule is COc1ccc(CN(C)CCOCCOCCNc2cccc3c2C(=O)N(C2CCC(=O)NC2=O)C3=O)cc1. The molecule has 2 aliphatic heterocycles. The van der Waals surface area contributed by atoms with Crippen LogP contribution in [0.2, 0.25) is 0 Å². The topological polar surface area (TPSA) is 127 Å². The predicted octanol–water partition coefficient (Wildman–Crippen LogP) is 1.67. The summed E-state index contributed by atoms with van der Waals surface area (Å²) in [4.78, 5) is 52.9. The van der Waals surface area contributed by atoms with Crippen molar-refractivity contribution in [2.45, 2.75) is 25.4 Å². The lowest BCUT2D eigenvalue weighted by Crippen LogP contribution is -2.54. The minimum Gasteiger partial charge on any atom is -0.497 e. The molecule has 0 spiro atoms. The molecule has 4 rings (SSSR count). The highest BCUT2D eigenvalue weighted by Gasteiger charge is 2.45. The number of nitrogens with one attached hydrogen (secondary N) is 2. The Morgan fingerprint density at radius 1 is 0.974 bits per heavy atom. The quantitative estimate of drug-likeness (QED) is 0.273. The minimum atomic E-state index is -0.992. The number of anilines is 1. The number of hydrogen-bond acceptors (Lipinski definition) is 9. The number of benzene rings is 2. The van der Waals surface area contributed by atoms with Crippen LogP contribution in [0.5, 0.6) is 5.75 Å². The van der Waals surface area contributed by atoms with Crippen molar-refractivity contribution in [3.05, 3.63) is 59.2 Å². The van der Waals surface area contributed by atoms with Crippen LogP contribution in [0, 0.1) is 0 Å². The van der Waals surface area contributed by atoms with Gasteiger partial charge in [-0.3, -0.25) is 34.3 Å². The molecule has 39 heavy (non-hydrogen) atoms. The van der Waals surface area contributed by atoms with Gasteiger partial charge < -0.3 is 19.5 Å². The molecule has 4 amide bonds. The van der Waals surface area contributed by atoms with E-state index < -0.39 is 29.7 Å². The first-order chi connectivity index (χ1) is 18.9. The molecule has 0 bridgehead atoms. The molecule has 0 aromatic heterocycles. The van der Waals surface area contributed by atoms with E-state index in [4.69, 9.17) is 14.2 Å². The number of hydrogen-bond donors (Lipinski definition) is 2. The maximum Gasteiger partial charge on any atom is 0.264 e. The summed E-state index contributed by atoms with van der Waals surface area (Å²) in [6, 6.07) is 12.0. The molecule has 0 aliphatic carbocycles. The monoisotopic (exact) mass is 538 g/mol. The summed E-state index contributed by atoms with van der Waals surface area (Å²) in [5, 5.41) is 5.35. The van der Waals surface area contributed by atoms with Gasteiger partial charge in [0.1, 0.15) is 11.8 Å². The van der Waals surface area contributed by atoms with E-state index >= 15 is 0 Å². The molecule has 0 radical (unpaired) electrons. The maximum absolute atomic E-state index is 13.1. The number of imide groups is 2. The Hall–Kier alpha value is -3.80. The molecule has 1 fully saturated rings. The first-order valence-corrected chi connectivity index (χ1v) is 12.9. The lowest BCUT2D eigenvalue weighted by Gasteiger charge is -2.27. The second-order valence-corrected chi connectivity index (χ2v) is 9.41. The number of methoxy groups -OCH3 is 1. The van der Waals surface area contributed by atoms with Gasteiger partial charge in [0.05, 0.1) is 44.7 Å². The molecule has 0 saturated carbocycles. The van der Waals surface area contributed by atoms with E-state index in [0.29, 0.717) is 38.7 Å². The molecular formula is C28H34N4O7. The fourth-order valence-electron chi connectivity index (χ4n) is 4.58. The van der Waals surface area contributed by atoms with Crippen molar-refractivity contribution in [3.8, 4) is 5.75 Å². The summed E-state index contributed by atoms with van der Waals surface area (Å²) in [5.41, 5.74) is 2.17. The van der Waals surface area contributed by atoms with Crippen molar-refractivity contribution < 1.29 is 33.4 Å². The Labute approximate surface area is 227 Å². The largest absolute Gasteiger partial charge is 0.497 e. The Kier molecular flexibility index (Phi) is 9.64. The normalized spacial score (nSPS) is 17.0. The first-order valence-electron chi connectivity index (χ1n) is 12.9. The van der Waals surface area contributed by atoms with Crippen molar-refractivity contribution in [2.75, 3.05) is 59.0 Å². The highest BCUT2D eigenvalue weighted by molar-refractivity contribution is 6.25. The molecule has 11 heteroatoms. The van der Waals surface area contributed by atoms with Crippen LogP contribution in [-0.4, -0.2) is 93.1 Å². The fourth-order valence-corrected chi connectivity index (χ4v) is 4.58. The summed E-state index contributed by atoms with van der Waals surface area (Å²) in [5.74, 6) is -1.27. The number of likely N-dealkylation sites (N-methyl/N-ethyl adjacent to an activating group) is 1. The van der Waals surface area contributed by atoms with Crippen molar-refractivity contribution in [3.63, 3.8) is 0 Å². The third kappa shape index (κ3) is 6.99. The summed E-state index contributed by atoms with van der Waals surface area (Å²) in [6.07, 6.45) is 0.199. The van der Waals surface area contributed by atoms with Gasteiger partial charge in [-0.15, -0.1) is 0 Å². The smallest absolute Gasteiger partial charge is 0.264 e. The van der Waals surface area contributed by atoms with E-state index in [-0.39, 0.29) is 24.0 Å². The minimum absolute atomic E-state index is 0.0797. The molecule has 2 aromatic carbocycles. The number of piperidine rings is 1. The van der Waals surface area contributed by atoms with Crippen molar-refractivity contribution in [2.24, 2.45) is 0 Å². The van der Waals surface area contributed by atoms with Gasteiger partial charge in [0.2, 0.25) is 11.8 Å². The summed E-state index contributed by atoms with van der Waals surface area (Å²) in [7, 11) is 3.69. The molecular weight excluding hydrogens is 504 g/mol. The lowest BCUT2D eigenvalue weighted by molar-refractivity contribution is -0.136. The zero-order valence-corrected chi connectivity index (χ0v) is 22.2. The van der Waals surface area contributed by atoms with Crippen LogP contribution in [0.25, 0.3) is 0 Å². The first kappa shape index (κ1) is 28.2. The van der Waals surface area contributed by atoms with Crippen molar-refractivity contribution in [1.29, 1.82) is 0 Å². The van der Waals surface area contributed by atoms with Gasteiger partial charge >= 0.3 is 0 Å². The van der Waals surface area contributed by atoms with Gasteiger partial charge in [0, 0.05) is 31.7 Å². The van der Waals surface area contributed by atoms with Crippen LogP contribution < -0.4 is 15.4 Å². The number of nitrogens with zero attached hydrogens (tertiary/aromatic N) is 2. The molecule has 2 aromatic rings. The molecule has 11 nitrogen and oxygen atoms in total. The zero-order valence-electron chi connectivity index (χ0n) is 22.2. The number of carbonyl (C=O) groups is 4. The Morgan fingerprint density at radius 3 is 2.44 bits per heavy atom. The lowest BCUT2D eigenvalue weighted by atomic mass is 10.0. The molecule has 208 valence electrons. The molecule has 2 heterocycles. The van der Waals surface area contributed by atoms with Crippen LogP contribution in [0.15, 0.2) is 42.5 Å². The molecule has 2 N–H and O–H groups in total. The Balaban J connectivity index is 1.14. The predicted molar refractivity (Wildman–Crippen MR) is 143 cm³/mol. The van der Waals surface area contributed by atoms with Crippen LogP contribution in [0.4, 0.5) is 5.69 Å². The van der Waals surface area contributed by atoms with Crippen LogP contribution >= 0.6 is 0 Å². The van der Waals surface area contributed by atoms with Crippen LogP contribution in [-0.2, 0) is 25.6 Å². The van der Waals surface area contributed by atoms with Gasteiger partial charge in [-0.25, -0.2) is 0 Å². The number of rotatable bonds is 14. The molecule has 2 aliphatic rings. The Bertz CT molecular complexity index is 1200. The van der Waals surface area contributed by atoms with Gasteiger partial charge in [0.15, 0.2) is 0 Å². The van der Waals surface area contributed by atoms with E-state index in [2.05, 4.69) is 15.5 Å². The highest BCUT2D eigenvalue weighted by atomic mass is 16.5. The van der Waals surface area contributed by atoms with E-state index in [0.717, 1.165) is 23.7 Å². The average Bonchev–Trinajstić information content (AvgIpc) is 3.18. The highest BCUT2D eigenvalue weighted by Crippen LogP contribution is 2.32. The van der Waals surface area contributed by atoms with Crippen LogP contribution in [0.1, 0.15) is 39.1 Å². The van der Waals surface area contributed by atoms with E-state index in [9.17, 15) is 19.2 Å². The summed E-state index contributed by atoms with van der Waals surface area (Å²) in [6.45, 7) is 3.88. The zero-order chi connectivity index (χ0) is 27.8. The third-order valence-corrected chi connectivity index (χ3v) is 6.63. The van der Waals surface area contributed by atoms with Gasteiger partial charge in [-0.05, 0) is 43.3 Å². The van der Waals surface area contributed by atoms with Gasteiger partial charge in [0.25, 0.3) is 11.8 Å². The number of fused-ring (bicyclic) bond motifs is 1. The fraction of sp³-hybridized carbons (Fsp3) is 0.429. The second kappa shape index (κ2) is 13.3. The molecule has 1 unspecified atom stereocenters.